The zero-order chi connectivity index (χ0) is 18.4. The topological polar surface area (TPSA) is 91.8 Å². The molecule has 2 aromatic heterocycles. The first-order chi connectivity index (χ1) is 11.7. The number of pyridine rings is 1. The Morgan fingerprint density at radius 2 is 2.12 bits per heavy atom. The lowest BCUT2D eigenvalue weighted by molar-refractivity contribution is -0.136. The standard InChI is InChI=1S/C14H12F3N3O4S/c1-18-12(21)7-5-25-11-8(14(15,16)17)2-9(19-10(7)11)24-6-3-20(4-6)13(22)23/h2,5-6H,3-4H2,1H3,(H,18,21)(H,22,23). The van der Waals surface area contributed by atoms with E-state index in [-0.39, 0.29) is 34.7 Å². The van der Waals surface area contributed by atoms with Crippen molar-refractivity contribution in [2.45, 2.75) is 12.3 Å². The van der Waals surface area contributed by atoms with Crippen LogP contribution >= 0.6 is 11.3 Å². The molecule has 11 heteroatoms. The van der Waals surface area contributed by atoms with Crippen LogP contribution in [-0.4, -0.2) is 53.2 Å². The molecule has 0 aromatic carbocycles. The molecule has 1 saturated heterocycles. The summed E-state index contributed by atoms with van der Waals surface area (Å²) in [5, 5.41) is 12.4. The number of ether oxygens (including phenoxy) is 1. The highest BCUT2D eigenvalue weighted by atomic mass is 32.1. The number of rotatable bonds is 3. The van der Waals surface area contributed by atoms with E-state index in [0.29, 0.717) is 0 Å². The van der Waals surface area contributed by atoms with Gasteiger partial charge in [-0.25, -0.2) is 9.78 Å². The van der Waals surface area contributed by atoms with Crippen molar-refractivity contribution in [3.63, 3.8) is 0 Å². The minimum Gasteiger partial charge on any atom is -0.471 e. The first kappa shape index (κ1) is 17.3. The molecular formula is C14H12F3N3O4S. The Labute approximate surface area is 143 Å². The maximum Gasteiger partial charge on any atom is 0.418 e. The van der Waals surface area contributed by atoms with Gasteiger partial charge < -0.3 is 20.1 Å². The monoisotopic (exact) mass is 375 g/mol. The first-order valence-electron chi connectivity index (χ1n) is 7.06. The molecule has 0 unspecified atom stereocenters. The molecule has 0 spiro atoms. The number of hydrogen-bond donors (Lipinski definition) is 2. The molecule has 0 radical (unpaired) electrons. The average Bonchev–Trinajstić information content (AvgIpc) is 2.91. The van der Waals surface area contributed by atoms with E-state index < -0.39 is 29.8 Å². The number of likely N-dealkylation sites (tertiary alicyclic amines) is 1. The van der Waals surface area contributed by atoms with Gasteiger partial charge in [-0.05, 0) is 0 Å². The zero-order valence-corrected chi connectivity index (χ0v) is 13.6. The molecule has 0 saturated carbocycles. The molecule has 134 valence electrons. The van der Waals surface area contributed by atoms with Gasteiger partial charge in [-0.2, -0.15) is 13.2 Å². The van der Waals surface area contributed by atoms with Gasteiger partial charge in [0.1, 0.15) is 6.10 Å². The van der Waals surface area contributed by atoms with Crippen molar-refractivity contribution < 1.29 is 32.6 Å². The first-order valence-corrected chi connectivity index (χ1v) is 7.94. The van der Waals surface area contributed by atoms with Crippen molar-refractivity contribution in [1.82, 2.24) is 15.2 Å². The fraction of sp³-hybridized carbons (Fsp3) is 0.357. The molecule has 0 atom stereocenters. The third-order valence-corrected chi connectivity index (χ3v) is 4.68. The molecule has 0 bridgehead atoms. The average molecular weight is 375 g/mol. The number of carboxylic acid groups (broad SMARTS) is 1. The summed E-state index contributed by atoms with van der Waals surface area (Å²) >= 11 is 0.778. The lowest BCUT2D eigenvalue weighted by atomic mass is 10.1. The normalized spacial score (nSPS) is 15.1. The van der Waals surface area contributed by atoms with Gasteiger partial charge >= 0.3 is 12.3 Å². The Kier molecular flexibility index (Phi) is 4.19. The Morgan fingerprint density at radius 1 is 1.44 bits per heavy atom. The molecule has 2 aromatic rings. The minimum atomic E-state index is -4.64. The highest BCUT2D eigenvalue weighted by Crippen LogP contribution is 2.40. The van der Waals surface area contributed by atoms with Crippen LogP contribution in [0.2, 0.25) is 0 Å². The van der Waals surface area contributed by atoms with Crippen LogP contribution < -0.4 is 10.1 Å². The van der Waals surface area contributed by atoms with Crippen LogP contribution in [0.5, 0.6) is 5.88 Å². The van der Waals surface area contributed by atoms with Gasteiger partial charge in [-0.1, -0.05) is 0 Å². The summed E-state index contributed by atoms with van der Waals surface area (Å²) < 4.78 is 45.2. The molecule has 25 heavy (non-hydrogen) atoms. The highest BCUT2D eigenvalue weighted by molar-refractivity contribution is 7.17. The van der Waals surface area contributed by atoms with Gasteiger partial charge in [0.05, 0.1) is 34.4 Å². The Morgan fingerprint density at radius 3 is 2.68 bits per heavy atom. The molecule has 7 nitrogen and oxygen atoms in total. The fourth-order valence-corrected chi connectivity index (χ4v) is 3.41. The Hall–Kier alpha value is -2.56. The lowest BCUT2D eigenvalue weighted by Gasteiger charge is -2.36. The summed E-state index contributed by atoms with van der Waals surface area (Å²) in [5.74, 6) is -0.844. The molecule has 2 amide bonds. The van der Waals surface area contributed by atoms with E-state index in [0.717, 1.165) is 22.3 Å². The highest BCUT2D eigenvalue weighted by Gasteiger charge is 2.37. The summed E-state index contributed by atoms with van der Waals surface area (Å²) in [7, 11) is 1.37. The number of aromatic nitrogens is 1. The Balaban J connectivity index is 1.98. The maximum atomic E-state index is 13.3. The second-order valence-corrected chi connectivity index (χ2v) is 6.22. The largest absolute Gasteiger partial charge is 0.471 e. The summed E-state index contributed by atoms with van der Waals surface area (Å²) in [5.41, 5.74) is -1.01. The van der Waals surface area contributed by atoms with Gasteiger partial charge in [0.2, 0.25) is 5.88 Å². The summed E-state index contributed by atoms with van der Waals surface area (Å²) in [4.78, 5) is 27.6. The number of thiophene rings is 1. The number of carbonyl (C=O) groups excluding carboxylic acids is 1. The predicted octanol–water partition coefficient (Wildman–Crippen LogP) is 2.42. The van der Waals surface area contributed by atoms with Gasteiger partial charge in [0, 0.05) is 18.5 Å². The van der Waals surface area contributed by atoms with Crippen molar-refractivity contribution in [2.24, 2.45) is 0 Å². The number of alkyl halides is 3. The number of amides is 2. The van der Waals surface area contributed by atoms with E-state index >= 15 is 0 Å². The van der Waals surface area contributed by atoms with Gasteiger partial charge in [-0.15, -0.1) is 11.3 Å². The molecular weight excluding hydrogens is 363 g/mol. The van der Waals surface area contributed by atoms with Gasteiger partial charge in [0.25, 0.3) is 5.91 Å². The van der Waals surface area contributed by atoms with Crippen LogP contribution in [0, 0.1) is 0 Å². The van der Waals surface area contributed by atoms with E-state index in [1.54, 1.807) is 0 Å². The Bertz CT molecular complexity index is 846. The molecule has 2 N–H and O–H groups in total. The second-order valence-electron chi connectivity index (χ2n) is 5.34. The number of nitrogens with zero attached hydrogens (tertiary/aromatic N) is 2. The molecule has 3 heterocycles. The van der Waals surface area contributed by atoms with Crippen LogP contribution in [0.3, 0.4) is 0 Å². The minimum absolute atomic E-state index is 0.0271. The number of hydrogen-bond acceptors (Lipinski definition) is 5. The smallest absolute Gasteiger partial charge is 0.418 e. The third kappa shape index (κ3) is 3.18. The van der Waals surface area contributed by atoms with E-state index in [1.165, 1.54) is 12.4 Å². The van der Waals surface area contributed by atoms with Crippen molar-refractivity contribution >= 4 is 33.6 Å². The molecule has 0 aliphatic carbocycles. The number of fused-ring (bicyclic) bond motifs is 1. The van der Waals surface area contributed by atoms with Crippen LogP contribution in [0.15, 0.2) is 11.4 Å². The number of carbonyl (C=O) groups is 2. The predicted molar refractivity (Wildman–Crippen MR) is 82.0 cm³/mol. The van der Waals surface area contributed by atoms with E-state index in [1.807, 2.05) is 0 Å². The lowest BCUT2D eigenvalue weighted by Crippen LogP contribution is -2.55. The molecule has 1 aliphatic rings. The summed E-state index contributed by atoms with van der Waals surface area (Å²) in [6, 6.07) is 0.774. The molecule has 1 aliphatic heterocycles. The van der Waals surface area contributed by atoms with E-state index in [9.17, 15) is 22.8 Å². The van der Waals surface area contributed by atoms with Crippen LogP contribution in [0.4, 0.5) is 18.0 Å². The molecule has 3 rings (SSSR count). The van der Waals surface area contributed by atoms with E-state index in [2.05, 4.69) is 10.3 Å². The zero-order valence-electron chi connectivity index (χ0n) is 12.8. The van der Waals surface area contributed by atoms with Crippen molar-refractivity contribution in [2.75, 3.05) is 20.1 Å². The van der Waals surface area contributed by atoms with Gasteiger partial charge in [0.15, 0.2) is 0 Å². The van der Waals surface area contributed by atoms with Crippen LogP contribution in [0.25, 0.3) is 10.2 Å². The van der Waals surface area contributed by atoms with Crippen molar-refractivity contribution in [3.8, 4) is 5.88 Å². The summed E-state index contributed by atoms with van der Waals surface area (Å²) in [6.07, 6.45) is -6.35. The van der Waals surface area contributed by atoms with Crippen molar-refractivity contribution in [3.05, 3.63) is 22.6 Å². The number of nitrogens with one attached hydrogen (secondary N) is 1. The van der Waals surface area contributed by atoms with Crippen molar-refractivity contribution in [1.29, 1.82) is 0 Å². The maximum absolute atomic E-state index is 13.3. The summed E-state index contributed by atoms with van der Waals surface area (Å²) in [6.45, 7) is 0.0880. The quantitative estimate of drug-likeness (QED) is 0.860. The molecule has 1 fully saturated rings. The van der Waals surface area contributed by atoms with Gasteiger partial charge in [-0.3, -0.25) is 4.79 Å². The van der Waals surface area contributed by atoms with E-state index in [4.69, 9.17) is 9.84 Å². The second kappa shape index (κ2) is 6.06. The fourth-order valence-electron chi connectivity index (χ4n) is 2.39. The SMILES string of the molecule is CNC(=O)c1csc2c(C(F)(F)F)cc(OC3CN(C(=O)O)C3)nc12. The van der Waals surface area contributed by atoms with Crippen LogP contribution in [0.1, 0.15) is 15.9 Å². The third-order valence-electron chi connectivity index (χ3n) is 3.68. The van der Waals surface area contributed by atoms with Crippen LogP contribution in [-0.2, 0) is 6.18 Å². The number of halogens is 3.